The number of hydrogen-bond donors (Lipinski definition) is 2. The Morgan fingerprint density at radius 2 is 1.91 bits per heavy atom. The highest BCUT2D eigenvalue weighted by atomic mass is 19.4. The Morgan fingerprint density at radius 3 is 2.69 bits per heavy atom. The molecule has 0 aliphatic heterocycles. The molecule has 166 valence electrons. The molecule has 0 spiro atoms. The highest BCUT2D eigenvalue weighted by molar-refractivity contribution is 5.83. The summed E-state index contributed by atoms with van der Waals surface area (Å²) in [4.78, 5) is 15.1. The molecule has 2 aromatic carbocycles. The minimum Gasteiger partial charge on any atom is -0.443 e. The summed E-state index contributed by atoms with van der Waals surface area (Å²) < 4.78 is 44.5. The standard InChI is InChI=1S/C22H20F3N5O2/c23-22(24,25)17-7-5-15(6-8-17)12-30-13-18(28-29-30)14-32-21(31)26-10-9-16-11-27-20-4-2-1-3-19(16)20/h1-8,11,13,27H,9-10,12,14H2,(H,26,31). The maximum absolute atomic E-state index is 12.6. The highest BCUT2D eigenvalue weighted by Gasteiger charge is 2.29. The molecular weight excluding hydrogens is 423 g/mol. The molecule has 0 aliphatic rings. The number of alkyl carbamates (subject to hydrolysis) is 1. The number of ether oxygens (including phenoxy) is 1. The van der Waals surface area contributed by atoms with Gasteiger partial charge < -0.3 is 15.0 Å². The van der Waals surface area contributed by atoms with Crippen molar-refractivity contribution in [3.63, 3.8) is 0 Å². The molecule has 2 aromatic heterocycles. The first-order valence-electron chi connectivity index (χ1n) is 9.89. The van der Waals surface area contributed by atoms with Gasteiger partial charge in [-0.25, -0.2) is 9.48 Å². The Hall–Kier alpha value is -3.82. The predicted octanol–water partition coefficient (Wildman–Crippen LogP) is 4.30. The van der Waals surface area contributed by atoms with Crippen molar-refractivity contribution in [2.45, 2.75) is 25.7 Å². The number of carbonyl (C=O) groups is 1. The van der Waals surface area contributed by atoms with Gasteiger partial charge in [-0.1, -0.05) is 35.5 Å². The zero-order chi connectivity index (χ0) is 22.6. The molecular formula is C22H20F3N5O2. The summed E-state index contributed by atoms with van der Waals surface area (Å²) in [6.07, 6.45) is -0.778. The number of para-hydroxylation sites is 1. The molecule has 0 saturated heterocycles. The van der Waals surface area contributed by atoms with Gasteiger partial charge in [-0.3, -0.25) is 0 Å². The Kier molecular flexibility index (Phi) is 6.11. The zero-order valence-electron chi connectivity index (χ0n) is 16.9. The molecule has 0 fully saturated rings. The average Bonchev–Trinajstić information content (AvgIpc) is 3.39. The van der Waals surface area contributed by atoms with Gasteiger partial charge in [0, 0.05) is 23.6 Å². The van der Waals surface area contributed by atoms with Crippen molar-refractivity contribution < 1.29 is 22.7 Å². The fraction of sp³-hybridized carbons (Fsp3) is 0.227. The van der Waals surface area contributed by atoms with Crippen LogP contribution in [0.3, 0.4) is 0 Å². The number of rotatable bonds is 7. The van der Waals surface area contributed by atoms with Gasteiger partial charge in [-0.2, -0.15) is 13.2 Å². The van der Waals surface area contributed by atoms with Crippen molar-refractivity contribution in [2.75, 3.05) is 6.54 Å². The van der Waals surface area contributed by atoms with Crippen molar-refractivity contribution >= 4 is 17.0 Å². The SMILES string of the molecule is O=C(NCCc1c[nH]c2ccccc12)OCc1cn(Cc2ccc(C(F)(F)F)cc2)nn1. The number of carbonyl (C=O) groups excluding carboxylic acids is 1. The van der Waals surface area contributed by atoms with Crippen LogP contribution >= 0.6 is 0 Å². The third-order valence-corrected chi connectivity index (χ3v) is 4.90. The van der Waals surface area contributed by atoms with Crippen LogP contribution in [0, 0.1) is 0 Å². The van der Waals surface area contributed by atoms with E-state index in [4.69, 9.17) is 4.74 Å². The second kappa shape index (κ2) is 9.13. The molecule has 7 nitrogen and oxygen atoms in total. The average molecular weight is 443 g/mol. The Labute approximate surface area is 181 Å². The largest absolute Gasteiger partial charge is 0.443 e. The van der Waals surface area contributed by atoms with Crippen LogP contribution in [0.2, 0.25) is 0 Å². The monoisotopic (exact) mass is 443 g/mol. The first-order chi connectivity index (χ1) is 15.4. The van der Waals surface area contributed by atoms with E-state index < -0.39 is 17.8 Å². The van der Waals surface area contributed by atoms with Crippen LogP contribution in [0.4, 0.5) is 18.0 Å². The van der Waals surface area contributed by atoms with Gasteiger partial charge in [0.25, 0.3) is 0 Å². The first-order valence-corrected chi connectivity index (χ1v) is 9.89. The lowest BCUT2D eigenvalue weighted by Gasteiger charge is -2.07. The molecule has 10 heteroatoms. The number of nitrogens with zero attached hydrogens (tertiary/aromatic N) is 3. The fourth-order valence-corrected chi connectivity index (χ4v) is 3.30. The van der Waals surface area contributed by atoms with Crippen molar-refractivity contribution in [1.29, 1.82) is 0 Å². The molecule has 0 aliphatic carbocycles. The summed E-state index contributed by atoms with van der Waals surface area (Å²) in [5, 5.41) is 11.7. The van der Waals surface area contributed by atoms with E-state index in [0.29, 0.717) is 24.2 Å². The molecule has 2 heterocycles. The molecule has 0 unspecified atom stereocenters. The van der Waals surface area contributed by atoms with E-state index >= 15 is 0 Å². The third-order valence-electron chi connectivity index (χ3n) is 4.90. The Morgan fingerprint density at radius 1 is 1.12 bits per heavy atom. The molecule has 0 radical (unpaired) electrons. The summed E-state index contributed by atoms with van der Waals surface area (Å²) in [5.41, 5.74) is 2.52. The smallest absolute Gasteiger partial charge is 0.416 e. The number of hydrogen-bond acceptors (Lipinski definition) is 4. The van der Waals surface area contributed by atoms with E-state index in [1.54, 1.807) is 6.20 Å². The molecule has 4 aromatic rings. The number of halogens is 3. The molecule has 1 amide bonds. The minimum absolute atomic E-state index is 0.0636. The fourth-order valence-electron chi connectivity index (χ4n) is 3.30. The summed E-state index contributed by atoms with van der Waals surface area (Å²) in [6, 6.07) is 12.8. The first kappa shape index (κ1) is 21.4. The van der Waals surface area contributed by atoms with Crippen molar-refractivity contribution in [2.24, 2.45) is 0 Å². The van der Waals surface area contributed by atoms with Gasteiger partial charge in [-0.15, -0.1) is 5.10 Å². The molecule has 0 saturated carbocycles. The molecule has 32 heavy (non-hydrogen) atoms. The number of H-pyrrole nitrogens is 1. The van der Waals surface area contributed by atoms with E-state index in [1.807, 2.05) is 30.5 Å². The van der Waals surface area contributed by atoms with Crippen molar-refractivity contribution in [1.82, 2.24) is 25.3 Å². The summed E-state index contributed by atoms with van der Waals surface area (Å²) in [6.45, 7) is 0.606. The maximum atomic E-state index is 12.6. The van der Waals surface area contributed by atoms with Crippen LogP contribution in [-0.2, 0) is 30.5 Å². The molecule has 2 N–H and O–H groups in total. The second-order valence-corrected chi connectivity index (χ2v) is 7.21. The third kappa shape index (κ3) is 5.26. The zero-order valence-corrected chi connectivity index (χ0v) is 16.9. The van der Waals surface area contributed by atoms with Crippen LogP contribution < -0.4 is 5.32 Å². The normalized spacial score (nSPS) is 11.6. The molecule has 0 bridgehead atoms. The summed E-state index contributed by atoms with van der Waals surface area (Å²) in [5.74, 6) is 0. The van der Waals surface area contributed by atoms with Crippen molar-refractivity contribution in [3.05, 3.63) is 83.3 Å². The van der Waals surface area contributed by atoms with E-state index in [9.17, 15) is 18.0 Å². The van der Waals surface area contributed by atoms with Gasteiger partial charge in [0.05, 0.1) is 18.3 Å². The van der Waals surface area contributed by atoms with Crippen LogP contribution in [0.25, 0.3) is 10.9 Å². The number of aromatic nitrogens is 4. The van der Waals surface area contributed by atoms with E-state index in [0.717, 1.165) is 28.6 Å². The van der Waals surface area contributed by atoms with Crippen LogP contribution in [0.5, 0.6) is 0 Å². The Balaban J connectivity index is 1.22. The topological polar surface area (TPSA) is 84.8 Å². The number of benzene rings is 2. The van der Waals surface area contributed by atoms with Gasteiger partial charge in [-0.05, 0) is 35.7 Å². The number of amides is 1. The quantitative estimate of drug-likeness (QED) is 0.446. The molecule has 0 atom stereocenters. The Bertz CT molecular complexity index is 1200. The summed E-state index contributed by atoms with van der Waals surface area (Å²) in [7, 11) is 0. The van der Waals surface area contributed by atoms with Gasteiger partial charge in [0.2, 0.25) is 0 Å². The predicted molar refractivity (Wildman–Crippen MR) is 111 cm³/mol. The number of alkyl halides is 3. The van der Waals surface area contributed by atoms with Crippen LogP contribution in [0.1, 0.15) is 22.4 Å². The van der Waals surface area contributed by atoms with E-state index in [-0.39, 0.29) is 13.2 Å². The maximum Gasteiger partial charge on any atom is 0.416 e. The lowest BCUT2D eigenvalue weighted by Crippen LogP contribution is -2.26. The summed E-state index contributed by atoms with van der Waals surface area (Å²) >= 11 is 0. The van der Waals surface area contributed by atoms with Gasteiger partial charge in [0.1, 0.15) is 12.3 Å². The van der Waals surface area contributed by atoms with Gasteiger partial charge >= 0.3 is 12.3 Å². The number of aromatic amines is 1. The second-order valence-electron chi connectivity index (χ2n) is 7.21. The van der Waals surface area contributed by atoms with Crippen molar-refractivity contribution in [3.8, 4) is 0 Å². The lowest BCUT2D eigenvalue weighted by atomic mass is 10.1. The molecule has 4 rings (SSSR count). The lowest BCUT2D eigenvalue weighted by molar-refractivity contribution is -0.137. The van der Waals surface area contributed by atoms with Crippen LogP contribution in [-0.4, -0.2) is 32.6 Å². The van der Waals surface area contributed by atoms with Gasteiger partial charge in [0.15, 0.2) is 0 Å². The van der Waals surface area contributed by atoms with E-state index in [1.165, 1.54) is 16.8 Å². The number of nitrogens with one attached hydrogen (secondary N) is 2. The number of fused-ring (bicyclic) bond motifs is 1. The highest BCUT2D eigenvalue weighted by Crippen LogP contribution is 2.29. The minimum atomic E-state index is -4.37. The van der Waals surface area contributed by atoms with Crippen LogP contribution in [0.15, 0.2) is 60.9 Å². The van der Waals surface area contributed by atoms with E-state index in [2.05, 4.69) is 20.6 Å².